The highest BCUT2D eigenvalue weighted by atomic mass is 35.5. The first kappa shape index (κ1) is 16.4. The Morgan fingerprint density at radius 1 is 1.25 bits per heavy atom. The van der Waals surface area contributed by atoms with Crippen molar-refractivity contribution in [3.63, 3.8) is 0 Å². The van der Waals surface area contributed by atoms with Gasteiger partial charge in [0, 0.05) is 23.2 Å². The summed E-state index contributed by atoms with van der Waals surface area (Å²) in [5, 5.41) is 4.31. The zero-order chi connectivity index (χ0) is 16.5. The molecular formula is C19H25ClN2O2. The zero-order valence-corrected chi connectivity index (χ0v) is 14.7. The third-order valence-corrected chi connectivity index (χ3v) is 6.14. The Kier molecular flexibility index (Phi) is 4.79. The Bertz CT molecular complexity index is 595. The van der Waals surface area contributed by atoms with Crippen LogP contribution in [0.15, 0.2) is 24.3 Å². The molecule has 1 N–H and O–H groups in total. The number of carbonyl (C=O) groups excluding carboxylic acids is 1. The molecular weight excluding hydrogens is 324 g/mol. The Morgan fingerprint density at radius 3 is 2.92 bits per heavy atom. The highest BCUT2D eigenvalue weighted by Crippen LogP contribution is 2.34. The van der Waals surface area contributed by atoms with Crippen molar-refractivity contribution >= 4 is 17.5 Å². The summed E-state index contributed by atoms with van der Waals surface area (Å²) in [6.07, 6.45) is 5.97. The number of nitrogens with one attached hydrogen (secondary N) is 1. The van der Waals surface area contributed by atoms with Gasteiger partial charge in [0.25, 0.3) is 0 Å². The van der Waals surface area contributed by atoms with Gasteiger partial charge in [-0.1, -0.05) is 42.6 Å². The Balaban J connectivity index is 1.42. The first-order valence-corrected chi connectivity index (χ1v) is 9.51. The minimum absolute atomic E-state index is 0.0110. The molecule has 1 amide bonds. The van der Waals surface area contributed by atoms with E-state index in [0.29, 0.717) is 36.7 Å². The Morgan fingerprint density at radius 2 is 2.08 bits per heavy atom. The second-order valence-electron chi connectivity index (χ2n) is 7.27. The summed E-state index contributed by atoms with van der Waals surface area (Å²) in [5.74, 6) is 0.929. The molecule has 1 saturated carbocycles. The van der Waals surface area contributed by atoms with Gasteiger partial charge < -0.3 is 15.0 Å². The van der Waals surface area contributed by atoms with Gasteiger partial charge in [-0.25, -0.2) is 0 Å². The minimum Gasteiger partial charge on any atom is -0.370 e. The fourth-order valence-corrected chi connectivity index (χ4v) is 4.76. The molecule has 1 aromatic carbocycles. The smallest absolute Gasteiger partial charge is 0.239 e. The van der Waals surface area contributed by atoms with Crippen LogP contribution in [0.1, 0.15) is 43.8 Å². The van der Waals surface area contributed by atoms with Crippen LogP contribution in [-0.4, -0.2) is 42.6 Å². The van der Waals surface area contributed by atoms with E-state index in [1.54, 1.807) is 0 Å². The molecule has 1 aliphatic carbocycles. The summed E-state index contributed by atoms with van der Waals surface area (Å²) >= 11 is 6.30. The third kappa shape index (κ3) is 3.19. The molecule has 3 aliphatic rings. The van der Waals surface area contributed by atoms with Gasteiger partial charge >= 0.3 is 0 Å². The fourth-order valence-electron chi connectivity index (χ4n) is 4.50. The standard InChI is InChI=1S/C19H25ClN2O2/c20-15-7-3-2-6-14(15)18-12-22(9-10-24-18)19(23)17-11-13-5-1-4-8-16(13)21-17/h2-3,6-7,13,16-18,21H,1,4-5,8-12H2. The predicted molar refractivity (Wildman–Crippen MR) is 94.0 cm³/mol. The molecule has 5 heteroatoms. The van der Waals surface area contributed by atoms with Crippen LogP contribution in [-0.2, 0) is 9.53 Å². The monoisotopic (exact) mass is 348 g/mol. The van der Waals surface area contributed by atoms with Gasteiger partial charge in [-0.05, 0) is 31.2 Å². The average molecular weight is 349 g/mol. The molecule has 24 heavy (non-hydrogen) atoms. The van der Waals surface area contributed by atoms with Crippen LogP contribution < -0.4 is 5.32 Å². The van der Waals surface area contributed by atoms with Crippen molar-refractivity contribution in [1.82, 2.24) is 10.2 Å². The maximum atomic E-state index is 13.0. The summed E-state index contributed by atoms with van der Waals surface area (Å²) in [6, 6.07) is 8.29. The number of halogens is 1. The summed E-state index contributed by atoms with van der Waals surface area (Å²) in [7, 11) is 0. The number of nitrogens with zero attached hydrogens (tertiary/aromatic N) is 1. The van der Waals surface area contributed by atoms with Crippen molar-refractivity contribution in [2.45, 2.75) is 50.3 Å². The predicted octanol–water partition coefficient (Wildman–Crippen LogP) is 3.16. The molecule has 1 aromatic rings. The molecule has 130 valence electrons. The number of carbonyl (C=O) groups is 1. The zero-order valence-electron chi connectivity index (χ0n) is 13.9. The molecule has 4 unspecified atom stereocenters. The lowest BCUT2D eigenvalue weighted by atomic mass is 9.85. The average Bonchev–Trinajstić information content (AvgIpc) is 3.06. The van der Waals surface area contributed by atoms with Gasteiger partial charge in [0.15, 0.2) is 0 Å². The number of hydrogen-bond donors (Lipinski definition) is 1. The number of fused-ring (bicyclic) bond motifs is 1. The lowest BCUT2D eigenvalue weighted by Gasteiger charge is -2.35. The number of rotatable bonds is 2. The Labute approximate surface area is 148 Å². The largest absolute Gasteiger partial charge is 0.370 e. The van der Waals surface area contributed by atoms with E-state index in [-0.39, 0.29) is 18.1 Å². The summed E-state index contributed by atoms with van der Waals surface area (Å²) in [4.78, 5) is 14.9. The lowest BCUT2D eigenvalue weighted by molar-refractivity contribution is -0.141. The number of hydrogen-bond acceptors (Lipinski definition) is 3. The molecule has 3 fully saturated rings. The maximum Gasteiger partial charge on any atom is 0.239 e. The molecule has 4 atom stereocenters. The lowest BCUT2D eigenvalue weighted by Crippen LogP contribution is -2.50. The van der Waals surface area contributed by atoms with E-state index < -0.39 is 0 Å². The molecule has 4 nitrogen and oxygen atoms in total. The Hall–Kier alpha value is -1.10. The first-order chi connectivity index (χ1) is 11.7. The van der Waals surface area contributed by atoms with E-state index in [2.05, 4.69) is 5.32 Å². The van der Waals surface area contributed by atoms with Crippen LogP contribution >= 0.6 is 11.6 Å². The van der Waals surface area contributed by atoms with E-state index in [1.807, 2.05) is 29.2 Å². The van der Waals surface area contributed by atoms with Crippen molar-refractivity contribution in [3.8, 4) is 0 Å². The van der Waals surface area contributed by atoms with Crippen molar-refractivity contribution in [2.75, 3.05) is 19.7 Å². The van der Waals surface area contributed by atoms with E-state index in [9.17, 15) is 4.79 Å². The van der Waals surface area contributed by atoms with Crippen LogP contribution in [0.4, 0.5) is 0 Å². The van der Waals surface area contributed by atoms with E-state index in [1.165, 1.54) is 25.7 Å². The molecule has 0 radical (unpaired) electrons. The first-order valence-electron chi connectivity index (χ1n) is 9.13. The summed E-state index contributed by atoms with van der Waals surface area (Å²) in [6.45, 7) is 1.84. The normalized spacial score (nSPS) is 33.3. The van der Waals surface area contributed by atoms with Crippen LogP contribution in [0.3, 0.4) is 0 Å². The molecule has 2 heterocycles. The number of ether oxygens (including phenoxy) is 1. The maximum absolute atomic E-state index is 13.0. The van der Waals surface area contributed by atoms with Gasteiger partial charge in [-0.3, -0.25) is 4.79 Å². The number of amides is 1. The molecule has 2 saturated heterocycles. The van der Waals surface area contributed by atoms with Crippen LogP contribution in [0.5, 0.6) is 0 Å². The minimum atomic E-state index is -0.125. The fraction of sp³-hybridized carbons (Fsp3) is 0.632. The molecule has 0 bridgehead atoms. The molecule has 0 spiro atoms. The van der Waals surface area contributed by atoms with Crippen LogP contribution in [0, 0.1) is 5.92 Å². The van der Waals surface area contributed by atoms with Crippen molar-refractivity contribution in [1.29, 1.82) is 0 Å². The molecule has 4 rings (SSSR count). The number of benzene rings is 1. The molecule has 0 aromatic heterocycles. The topological polar surface area (TPSA) is 41.6 Å². The van der Waals surface area contributed by atoms with Crippen molar-refractivity contribution in [3.05, 3.63) is 34.9 Å². The van der Waals surface area contributed by atoms with Gasteiger partial charge in [-0.15, -0.1) is 0 Å². The quantitative estimate of drug-likeness (QED) is 0.892. The summed E-state index contributed by atoms with van der Waals surface area (Å²) in [5.41, 5.74) is 0.977. The van der Waals surface area contributed by atoms with Crippen molar-refractivity contribution < 1.29 is 9.53 Å². The number of morpholine rings is 1. The summed E-state index contributed by atoms with van der Waals surface area (Å²) < 4.78 is 5.88. The van der Waals surface area contributed by atoms with Crippen molar-refractivity contribution in [2.24, 2.45) is 5.92 Å². The second kappa shape index (κ2) is 7.03. The highest BCUT2D eigenvalue weighted by Gasteiger charge is 2.40. The van der Waals surface area contributed by atoms with Gasteiger partial charge in [0.05, 0.1) is 19.2 Å². The van der Waals surface area contributed by atoms with Gasteiger partial charge in [0.1, 0.15) is 6.10 Å². The SMILES string of the molecule is O=C(C1CC2CCCCC2N1)N1CCOC(c2ccccc2Cl)C1. The van der Waals surface area contributed by atoms with Crippen LogP contribution in [0.2, 0.25) is 5.02 Å². The third-order valence-electron chi connectivity index (χ3n) is 5.79. The second-order valence-corrected chi connectivity index (χ2v) is 7.68. The molecule has 2 aliphatic heterocycles. The van der Waals surface area contributed by atoms with Gasteiger partial charge in [-0.2, -0.15) is 0 Å². The van der Waals surface area contributed by atoms with E-state index in [0.717, 1.165) is 12.0 Å². The highest BCUT2D eigenvalue weighted by molar-refractivity contribution is 6.31. The van der Waals surface area contributed by atoms with E-state index in [4.69, 9.17) is 16.3 Å². The van der Waals surface area contributed by atoms with E-state index >= 15 is 0 Å². The van der Waals surface area contributed by atoms with Crippen LogP contribution in [0.25, 0.3) is 0 Å². The van der Waals surface area contributed by atoms with Gasteiger partial charge in [0.2, 0.25) is 5.91 Å².